The SMILES string of the molecule is CC(=O)c1nc(-c2ccc3c(c2)N(C(=O)Nc2nc4ccccc4s2)CCO3)sc1N(C)CCOc1ccccc1. The Morgan fingerprint density at radius 2 is 1.85 bits per heavy atom. The number of benzene rings is 3. The van der Waals surface area contributed by atoms with Gasteiger partial charge in [0.2, 0.25) is 0 Å². The molecule has 0 saturated carbocycles. The second-order valence-corrected chi connectivity index (χ2v) is 11.4. The lowest BCUT2D eigenvalue weighted by Gasteiger charge is -2.29. The van der Waals surface area contributed by atoms with Crippen LogP contribution in [0.1, 0.15) is 17.4 Å². The highest BCUT2D eigenvalue weighted by Gasteiger charge is 2.26. The van der Waals surface area contributed by atoms with Crippen LogP contribution in [0.4, 0.5) is 20.6 Å². The summed E-state index contributed by atoms with van der Waals surface area (Å²) in [5.74, 6) is 1.29. The van der Waals surface area contributed by atoms with Gasteiger partial charge in [-0.2, -0.15) is 0 Å². The lowest BCUT2D eigenvalue weighted by molar-refractivity contribution is 0.101. The van der Waals surface area contributed by atoms with Gasteiger partial charge in [0.05, 0.1) is 29.0 Å². The third kappa shape index (κ3) is 5.72. The van der Waals surface area contributed by atoms with E-state index in [4.69, 9.17) is 14.5 Å². The first kappa shape index (κ1) is 26.7. The number of thiazole rings is 2. The van der Waals surface area contributed by atoms with Crippen LogP contribution in [0, 0.1) is 0 Å². The molecule has 5 aromatic rings. The van der Waals surface area contributed by atoms with Crippen LogP contribution in [-0.4, -0.2) is 55.1 Å². The number of hydrogen-bond acceptors (Lipinski definition) is 9. The van der Waals surface area contributed by atoms with E-state index in [0.29, 0.717) is 53.6 Å². The number of aromatic nitrogens is 2. The van der Waals surface area contributed by atoms with Crippen molar-refractivity contribution < 1.29 is 19.1 Å². The summed E-state index contributed by atoms with van der Waals surface area (Å²) in [6.07, 6.45) is 0. The maximum absolute atomic E-state index is 13.3. The zero-order valence-electron chi connectivity index (χ0n) is 22.5. The van der Waals surface area contributed by atoms with Crippen molar-refractivity contribution in [1.82, 2.24) is 9.97 Å². The van der Waals surface area contributed by atoms with Crippen molar-refractivity contribution in [2.75, 3.05) is 48.5 Å². The van der Waals surface area contributed by atoms with E-state index in [1.165, 1.54) is 29.6 Å². The highest BCUT2D eigenvalue weighted by atomic mass is 32.1. The molecule has 1 N–H and O–H groups in total. The number of nitrogens with one attached hydrogen (secondary N) is 1. The van der Waals surface area contributed by atoms with E-state index >= 15 is 0 Å². The fourth-order valence-electron chi connectivity index (χ4n) is 4.49. The maximum Gasteiger partial charge on any atom is 0.328 e. The fraction of sp³-hybridized carbons (Fsp3) is 0.200. The maximum atomic E-state index is 13.3. The normalized spacial score (nSPS) is 12.5. The van der Waals surface area contributed by atoms with Crippen LogP contribution in [0.2, 0.25) is 0 Å². The van der Waals surface area contributed by atoms with E-state index in [1.807, 2.05) is 84.7 Å². The van der Waals surface area contributed by atoms with Gasteiger partial charge in [0.15, 0.2) is 10.9 Å². The number of likely N-dealkylation sites (N-methyl/N-ethyl adjacent to an activating group) is 1. The number of Topliss-reactive ketones (excluding diaryl/α,β-unsaturated/α-hetero) is 1. The molecule has 41 heavy (non-hydrogen) atoms. The Morgan fingerprint density at radius 1 is 1.05 bits per heavy atom. The Bertz CT molecular complexity index is 1690. The molecule has 9 nitrogen and oxygen atoms in total. The number of carbonyl (C=O) groups is 2. The first-order valence-corrected chi connectivity index (χ1v) is 14.7. The summed E-state index contributed by atoms with van der Waals surface area (Å²) in [4.78, 5) is 38.7. The number of ether oxygens (including phenoxy) is 2. The Morgan fingerprint density at radius 3 is 2.66 bits per heavy atom. The summed E-state index contributed by atoms with van der Waals surface area (Å²) in [6, 6.07) is 22.7. The number of rotatable bonds is 8. The minimum atomic E-state index is -0.284. The van der Waals surface area contributed by atoms with Gasteiger partial charge in [-0.1, -0.05) is 53.0 Å². The molecule has 0 radical (unpaired) electrons. The number of urea groups is 1. The third-order valence-corrected chi connectivity index (χ3v) is 8.72. The topological polar surface area (TPSA) is 96.9 Å². The van der Waals surface area contributed by atoms with Gasteiger partial charge >= 0.3 is 6.03 Å². The summed E-state index contributed by atoms with van der Waals surface area (Å²) in [5.41, 5.74) is 2.68. The molecule has 1 aliphatic heterocycles. The molecule has 1 aliphatic rings. The van der Waals surface area contributed by atoms with E-state index < -0.39 is 0 Å². The van der Waals surface area contributed by atoms with Crippen LogP contribution in [-0.2, 0) is 0 Å². The van der Waals surface area contributed by atoms with Crippen molar-refractivity contribution in [3.63, 3.8) is 0 Å². The third-order valence-electron chi connectivity index (χ3n) is 6.55. The molecule has 0 saturated heterocycles. The molecule has 2 amide bonds. The number of anilines is 3. The first-order valence-electron chi connectivity index (χ1n) is 13.1. The second kappa shape index (κ2) is 11.6. The molecule has 0 bridgehead atoms. The zero-order valence-corrected chi connectivity index (χ0v) is 24.1. The van der Waals surface area contributed by atoms with Gasteiger partial charge in [-0.3, -0.25) is 15.0 Å². The van der Waals surface area contributed by atoms with Crippen molar-refractivity contribution in [1.29, 1.82) is 0 Å². The second-order valence-electron chi connectivity index (χ2n) is 9.41. The van der Waals surface area contributed by atoms with Crippen molar-refractivity contribution in [2.24, 2.45) is 0 Å². The average Bonchev–Trinajstić information content (AvgIpc) is 3.62. The molecule has 3 aromatic carbocycles. The summed E-state index contributed by atoms with van der Waals surface area (Å²) in [6.45, 7) is 3.32. The Kier molecular flexibility index (Phi) is 7.53. The quantitative estimate of drug-likeness (QED) is 0.206. The minimum absolute atomic E-state index is 0.114. The van der Waals surface area contributed by atoms with Gasteiger partial charge in [-0.25, -0.2) is 14.8 Å². The molecule has 2 aromatic heterocycles. The molecule has 0 fully saturated rings. The Balaban J connectivity index is 1.22. The molecule has 208 valence electrons. The van der Waals surface area contributed by atoms with E-state index in [2.05, 4.69) is 10.3 Å². The minimum Gasteiger partial charge on any atom is -0.492 e. The molecule has 0 spiro atoms. The van der Waals surface area contributed by atoms with Crippen LogP contribution in [0.15, 0.2) is 72.8 Å². The van der Waals surface area contributed by atoms with Crippen molar-refractivity contribution >= 4 is 60.5 Å². The molecule has 0 atom stereocenters. The number of para-hydroxylation sites is 2. The predicted molar refractivity (Wildman–Crippen MR) is 164 cm³/mol. The van der Waals surface area contributed by atoms with Crippen molar-refractivity contribution in [2.45, 2.75) is 6.92 Å². The highest BCUT2D eigenvalue weighted by Crippen LogP contribution is 2.40. The van der Waals surface area contributed by atoms with Crippen LogP contribution < -0.4 is 24.6 Å². The summed E-state index contributed by atoms with van der Waals surface area (Å²) in [5, 5.41) is 4.92. The smallest absolute Gasteiger partial charge is 0.328 e. The number of amides is 2. The van der Waals surface area contributed by atoms with E-state index in [9.17, 15) is 9.59 Å². The van der Waals surface area contributed by atoms with Crippen LogP contribution in [0.3, 0.4) is 0 Å². The van der Waals surface area contributed by atoms with Crippen molar-refractivity contribution in [3.05, 3.63) is 78.5 Å². The van der Waals surface area contributed by atoms with Gasteiger partial charge in [0, 0.05) is 19.5 Å². The van der Waals surface area contributed by atoms with Crippen molar-refractivity contribution in [3.8, 4) is 22.1 Å². The van der Waals surface area contributed by atoms with Gasteiger partial charge in [-0.05, 0) is 42.5 Å². The van der Waals surface area contributed by atoms with E-state index in [0.717, 1.165) is 26.5 Å². The number of fused-ring (bicyclic) bond motifs is 2. The molecule has 0 unspecified atom stereocenters. The standard InChI is InChI=1S/C30H27N5O4S2/c1-19(36)26-28(34(2)14-16-38-21-8-4-3-5-9-21)41-27(32-26)20-12-13-24-23(18-20)35(15-17-39-24)30(37)33-29-31-22-10-6-7-11-25(22)40-29/h3-13,18H,14-17H2,1-2H3,(H,31,33,37). The number of ketones is 1. The Labute approximate surface area is 245 Å². The van der Waals surface area contributed by atoms with E-state index in [1.54, 1.807) is 4.90 Å². The highest BCUT2D eigenvalue weighted by molar-refractivity contribution is 7.22. The summed E-state index contributed by atoms with van der Waals surface area (Å²) >= 11 is 2.86. The molecule has 11 heteroatoms. The van der Waals surface area contributed by atoms with Gasteiger partial charge in [0.1, 0.15) is 40.4 Å². The van der Waals surface area contributed by atoms with Crippen LogP contribution >= 0.6 is 22.7 Å². The van der Waals surface area contributed by atoms with Crippen LogP contribution in [0.25, 0.3) is 20.8 Å². The lowest BCUT2D eigenvalue weighted by Crippen LogP contribution is -2.40. The lowest BCUT2D eigenvalue weighted by atomic mass is 10.1. The average molecular weight is 586 g/mol. The fourth-order valence-corrected chi connectivity index (χ4v) is 6.44. The molecule has 3 heterocycles. The van der Waals surface area contributed by atoms with Gasteiger partial charge in [-0.15, -0.1) is 0 Å². The van der Waals surface area contributed by atoms with Crippen LogP contribution in [0.5, 0.6) is 11.5 Å². The van der Waals surface area contributed by atoms with E-state index in [-0.39, 0.29) is 11.8 Å². The van der Waals surface area contributed by atoms with Gasteiger partial charge < -0.3 is 14.4 Å². The zero-order chi connectivity index (χ0) is 28.3. The summed E-state index contributed by atoms with van der Waals surface area (Å²) < 4.78 is 12.7. The Hall–Kier alpha value is -4.48. The van der Waals surface area contributed by atoms with Gasteiger partial charge in [0.25, 0.3) is 0 Å². The largest absolute Gasteiger partial charge is 0.492 e. The number of hydrogen-bond donors (Lipinski definition) is 1. The first-order chi connectivity index (χ1) is 20.0. The molecular formula is C30H27N5O4S2. The predicted octanol–water partition coefficient (Wildman–Crippen LogP) is 6.57. The molecule has 6 rings (SSSR count). The number of nitrogens with zero attached hydrogens (tertiary/aromatic N) is 4. The monoisotopic (exact) mass is 585 g/mol. The summed E-state index contributed by atoms with van der Waals surface area (Å²) in [7, 11) is 1.92. The molecular weight excluding hydrogens is 558 g/mol. The number of carbonyl (C=O) groups excluding carboxylic acids is 2. The molecule has 0 aliphatic carbocycles.